The van der Waals surface area contributed by atoms with Crippen LogP contribution < -0.4 is 10.2 Å². The van der Waals surface area contributed by atoms with E-state index in [1.54, 1.807) is 0 Å². The number of hydrogen-bond donors (Lipinski definition) is 2. The van der Waals surface area contributed by atoms with E-state index in [1.165, 1.54) is 0 Å². The van der Waals surface area contributed by atoms with Gasteiger partial charge in [-0.1, -0.05) is 85.5 Å². The summed E-state index contributed by atoms with van der Waals surface area (Å²) in [6.45, 7) is 12.7. The Hall–Kier alpha value is -4.51. The third-order valence-electron chi connectivity index (χ3n) is 6.77. The van der Waals surface area contributed by atoms with Crippen molar-refractivity contribution in [2.75, 3.05) is 30.4 Å². The first-order chi connectivity index (χ1) is 19.0. The molecule has 0 unspecified atom stereocenters. The molecule has 0 bridgehead atoms. The topological polar surface area (TPSA) is 57.6 Å². The number of para-hydroxylation sites is 1. The summed E-state index contributed by atoms with van der Waals surface area (Å²) in [5.74, 6) is 1.65. The largest absolute Gasteiger partial charge is 0.494 e. The van der Waals surface area contributed by atoms with Gasteiger partial charge in [0, 0.05) is 37.2 Å². The fourth-order valence-electron chi connectivity index (χ4n) is 4.44. The lowest BCUT2D eigenvalue weighted by Gasteiger charge is -2.40. The van der Waals surface area contributed by atoms with Gasteiger partial charge in [-0.3, -0.25) is 5.41 Å². The summed E-state index contributed by atoms with van der Waals surface area (Å²) in [4.78, 5) is 2.31. The molecule has 1 aliphatic rings. The van der Waals surface area contributed by atoms with Crippen molar-refractivity contribution < 1.29 is 9.47 Å². The predicted octanol–water partition coefficient (Wildman–Crippen LogP) is 7.50. The van der Waals surface area contributed by atoms with E-state index in [9.17, 15) is 5.41 Å². The highest BCUT2D eigenvalue weighted by Gasteiger charge is 2.27. The minimum atomic E-state index is 0.326. The molecule has 0 atom stereocenters. The van der Waals surface area contributed by atoms with Crippen molar-refractivity contribution in [3.05, 3.63) is 144 Å². The van der Waals surface area contributed by atoms with E-state index >= 15 is 0 Å². The number of anilines is 2. The van der Waals surface area contributed by atoms with E-state index in [2.05, 4.69) is 29.4 Å². The van der Waals surface area contributed by atoms with E-state index in [-0.39, 0.29) is 0 Å². The second-order valence-corrected chi connectivity index (χ2v) is 9.55. The second-order valence-electron chi connectivity index (χ2n) is 9.55. The van der Waals surface area contributed by atoms with Gasteiger partial charge in [0.25, 0.3) is 0 Å². The van der Waals surface area contributed by atoms with Crippen LogP contribution in [0.3, 0.4) is 0 Å². The molecule has 0 aromatic heterocycles. The molecule has 200 valence electrons. The Bertz CT molecular complexity index is 1350. The summed E-state index contributed by atoms with van der Waals surface area (Å²) < 4.78 is 12.1. The Kier molecular flexibility index (Phi) is 9.41. The number of benzene rings is 3. The fourth-order valence-corrected chi connectivity index (χ4v) is 4.44. The minimum Gasteiger partial charge on any atom is -0.494 e. The van der Waals surface area contributed by atoms with Crippen molar-refractivity contribution in [3.8, 4) is 0 Å². The molecular weight excluding hydrogens is 482 g/mol. The molecule has 0 amide bonds. The summed E-state index contributed by atoms with van der Waals surface area (Å²) in [5, 5.41) is 12.6. The molecule has 0 spiro atoms. The van der Waals surface area contributed by atoms with Crippen LogP contribution in [-0.2, 0) is 22.7 Å². The van der Waals surface area contributed by atoms with Gasteiger partial charge in [-0.2, -0.15) is 0 Å². The first-order valence-electron chi connectivity index (χ1n) is 13.2. The molecule has 0 saturated carbocycles. The predicted molar refractivity (Wildman–Crippen MR) is 162 cm³/mol. The molecule has 1 fully saturated rings. The average molecular weight is 520 g/mol. The highest BCUT2D eigenvalue weighted by Crippen LogP contribution is 2.36. The molecule has 5 heteroatoms. The van der Waals surface area contributed by atoms with E-state index in [4.69, 9.17) is 9.47 Å². The number of nitrogens with zero attached hydrogens (tertiary/aromatic N) is 1. The van der Waals surface area contributed by atoms with Gasteiger partial charge in [0.15, 0.2) is 0 Å². The molecule has 0 aliphatic carbocycles. The molecule has 39 heavy (non-hydrogen) atoms. The SMILES string of the molecule is C=CC1CN(c2cccc(C(=N)/C(=C/C=C(\C)OCc3ccccc3)C(=C)OCc3ccccc3)c2NC)C1. The Morgan fingerprint density at radius 3 is 2.13 bits per heavy atom. The molecule has 1 heterocycles. The van der Waals surface area contributed by atoms with Crippen LogP contribution in [0.1, 0.15) is 23.6 Å². The van der Waals surface area contributed by atoms with Crippen LogP contribution in [0.5, 0.6) is 0 Å². The second kappa shape index (κ2) is 13.3. The van der Waals surface area contributed by atoms with Gasteiger partial charge in [0.1, 0.15) is 19.0 Å². The minimum absolute atomic E-state index is 0.326. The molecule has 1 saturated heterocycles. The molecule has 3 aromatic rings. The fraction of sp³-hybridized carbons (Fsp3) is 0.206. The summed E-state index contributed by atoms with van der Waals surface area (Å²) in [6, 6.07) is 26.1. The quantitative estimate of drug-likeness (QED) is 0.106. The lowest BCUT2D eigenvalue weighted by molar-refractivity contribution is 0.200. The number of ether oxygens (including phenoxy) is 2. The number of rotatable bonds is 13. The van der Waals surface area contributed by atoms with Crippen LogP contribution in [0, 0.1) is 11.3 Å². The van der Waals surface area contributed by atoms with Crippen LogP contribution in [0.25, 0.3) is 0 Å². The van der Waals surface area contributed by atoms with Gasteiger partial charge < -0.3 is 19.7 Å². The van der Waals surface area contributed by atoms with E-state index < -0.39 is 0 Å². The number of allylic oxidation sites excluding steroid dienone is 4. The average Bonchev–Trinajstić information content (AvgIpc) is 2.95. The first kappa shape index (κ1) is 27.5. The van der Waals surface area contributed by atoms with Crippen molar-refractivity contribution in [2.45, 2.75) is 20.1 Å². The van der Waals surface area contributed by atoms with E-state index in [1.807, 2.05) is 105 Å². The Morgan fingerprint density at radius 2 is 1.54 bits per heavy atom. The van der Waals surface area contributed by atoms with Crippen molar-refractivity contribution >= 4 is 17.1 Å². The maximum atomic E-state index is 9.26. The molecular formula is C34H37N3O2. The van der Waals surface area contributed by atoms with Gasteiger partial charge in [0.05, 0.1) is 22.8 Å². The third kappa shape index (κ3) is 7.08. The number of hydrogen-bond acceptors (Lipinski definition) is 5. The van der Waals surface area contributed by atoms with Crippen LogP contribution in [0.15, 0.2) is 127 Å². The Balaban J connectivity index is 1.60. The summed E-state index contributed by atoms with van der Waals surface area (Å²) >= 11 is 0. The first-order valence-corrected chi connectivity index (χ1v) is 13.2. The zero-order valence-electron chi connectivity index (χ0n) is 22.8. The smallest absolute Gasteiger partial charge is 0.122 e. The summed E-state index contributed by atoms with van der Waals surface area (Å²) in [6.07, 6.45) is 5.74. The molecule has 3 aromatic carbocycles. The highest BCUT2D eigenvalue weighted by atomic mass is 16.5. The van der Waals surface area contributed by atoms with E-state index in [0.29, 0.717) is 36.2 Å². The zero-order chi connectivity index (χ0) is 27.6. The lowest BCUT2D eigenvalue weighted by Crippen LogP contribution is -2.46. The molecule has 5 nitrogen and oxygen atoms in total. The van der Waals surface area contributed by atoms with Gasteiger partial charge in [-0.25, -0.2) is 0 Å². The van der Waals surface area contributed by atoms with Gasteiger partial charge in [-0.15, -0.1) is 6.58 Å². The standard InChI is InChI=1S/C34H37N3O2/c1-5-27-21-37(22-27)32-18-12-17-31(34(32)36-4)33(35)30(26(3)39-24-29-15-10-7-11-16-29)20-19-25(2)38-23-28-13-8-6-9-14-28/h5-20,27,35-36H,1,3,21-24H2,2,4H3/b25-19+,30-20+,35-33?. The monoisotopic (exact) mass is 519 g/mol. The maximum absolute atomic E-state index is 9.26. The normalized spacial score (nSPS) is 13.8. The molecule has 1 aliphatic heterocycles. The Labute approximate surface area is 232 Å². The third-order valence-corrected chi connectivity index (χ3v) is 6.77. The molecule has 0 radical (unpaired) electrons. The summed E-state index contributed by atoms with van der Waals surface area (Å²) in [5.41, 5.74) is 5.82. The zero-order valence-corrected chi connectivity index (χ0v) is 22.8. The van der Waals surface area contributed by atoms with Gasteiger partial charge in [0.2, 0.25) is 0 Å². The van der Waals surface area contributed by atoms with Gasteiger partial charge in [-0.05, 0) is 36.3 Å². The van der Waals surface area contributed by atoms with Crippen LogP contribution in [-0.4, -0.2) is 25.8 Å². The van der Waals surface area contributed by atoms with Crippen molar-refractivity contribution in [2.24, 2.45) is 5.92 Å². The lowest BCUT2D eigenvalue weighted by atomic mass is 9.95. The molecule has 2 N–H and O–H groups in total. The van der Waals surface area contributed by atoms with Crippen LogP contribution >= 0.6 is 0 Å². The highest BCUT2D eigenvalue weighted by molar-refractivity contribution is 6.17. The maximum Gasteiger partial charge on any atom is 0.122 e. The Morgan fingerprint density at radius 1 is 0.923 bits per heavy atom. The van der Waals surface area contributed by atoms with E-state index in [0.717, 1.165) is 46.9 Å². The van der Waals surface area contributed by atoms with Crippen LogP contribution in [0.4, 0.5) is 11.4 Å². The van der Waals surface area contributed by atoms with Crippen molar-refractivity contribution in [1.29, 1.82) is 5.41 Å². The summed E-state index contributed by atoms with van der Waals surface area (Å²) in [7, 11) is 1.89. The molecule has 4 rings (SSSR count). The number of nitrogens with one attached hydrogen (secondary N) is 2. The van der Waals surface area contributed by atoms with Crippen molar-refractivity contribution in [1.82, 2.24) is 0 Å². The van der Waals surface area contributed by atoms with Crippen molar-refractivity contribution in [3.63, 3.8) is 0 Å². The van der Waals surface area contributed by atoms with Gasteiger partial charge >= 0.3 is 0 Å². The van der Waals surface area contributed by atoms with Crippen LogP contribution in [0.2, 0.25) is 0 Å².